The van der Waals surface area contributed by atoms with Gasteiger partial charge < -0.3 is 10.6 Å². The van der Waals surface area contributed by atoms with Crippen LogP contribution in [0, 0.1) is 0 Å². The third-order valence-electron chi connectivity index (χ3n) is 1.55. The maximum atomic E-state index is 11.8. The molecule has 2 N–H and O–H groups in total. The van der Waals surface area contributed by atoms with Gasteiger partial charge >= 0.3 is 5.51 Å². The Kier molecular flexibility index (Phi) is 4.66. The van der Waals surface area contributed by atoms with Gasteiger partial charge in [0.25, 0.3) is 0 Å². The minimum atomic E-state index is -4.18. The maximum absolute atomic E-state index is 11.8. The Bertz CT molecular complexity index is 331. The molecule has 16 heavy (non-hydrogen) atoms. The quantitative estimate of drug-likeness (QED) is 0.787. The molecule has 1 rings (SSSR count). The van der Waals surface area contributed by atoms with Gasteiger partial charge in [0.2, 0.25) is 5.95 Å². The highest BCUT2D eigenvalue weighted by Gasteiger charge is 2.27. The van der Waals surface area contributed by atoms with Gasteiger partial charge in [-0.25, -0.2) is 4.98 Å². The zero-order valence-electron chi connectivity index (χ0n) is 8.51. The predicted octanol–water partition coefficient (Wildman–Crippen LogP) is 2.18. The Hall–Kier alpha value is -1.18. The molecule has 8 heteroatoms. The summed E-state index contributed by atoms with van der Waals surface area (Å²) in [6.45, 7) is 0.199. The Morgan fingerprint density at radius 3 is 2.81 bits per heavy atom. The van der Waals surface area contributed by atoms with Crippen LogP contribution < -0.4 is 10.6 Å². The summed E-state index contributed by atoms with van der Waals surface area (Å²) in [6.07, 6.45) is 1.53. The Balaban J connectivity index is 2.32. The summed E-state index contributed by atoms with van der Waals surface area (Å²) < 4.78 is 35.4. The monoisotopic (exact) mass is 252 g/mol. The molecule has 0 aromatic carbocycles. The number of aromatic nitrogens is 2. The largest absolute Gasteiger partial charge is 0.441 e. The van der Waals surface area contributed by atoms with Gasteiger partial charge in [-0.1, -0.05) is 0 Å². The van der Waals surface area contributed by atoms with Gasteiger partial charge in [-0.05, 0) is 17.8 Å². The van der Waals surface area contributed by atoms with Gasteiger partial charge in [-0.2, -0.15) is 18.2 Å². The van der Waals surface area contributed by atoms with Crippen molar-refractivity contribution in [3.8, 4) is 0 Å². The number of rotatable bonds is 5. The number of nitrogens with one attached hydrogen (secondary N) is 2. The van der Waals surface area contributed by atoms with Crippen LogP contribution in [0.5, 0.6) is 0 Å². The molecule has 0 bridgehead atoms. The second kappa shape index (κ2) is 5.78. The molecule has 1 heterocycles. The van der Waals surface area contributed by atoms with Crippen LogP contribution >= 0.6 is 11.8 Å². The molecule has 0 radical (unpaired) electrons. The first kappa shape index (κ1) is 12.9. The Labute approximate surface area is 95.0 Å². The van der Waals surface area contributed by atoms with Crippen molar-refractivity contribution in [2.75, 3.05) is 30.0 Å². The lowest BCUT2D eigenvalue weighted by molar-refractivity contribution is -0.0327. The number of alkyl halides is 3. The molecule has 0 fully saturated rings. The molecule has 0 saturated heterocycles. The molecule has 0 unspecified atom stereocenters. The second-order valence-corrected chi connectivity index (χ2v) is 3.90. The number of hydrogen-bond donors (Lipinski definition) is 2. The average molecular weight is 252 g/mol. The molecular weight excluding hydrogens is 241 g/mol. The van der Waals surface area contributed by atoms with Crippen molar-refractivity contribution in [3.63, 3.8) is 0 Å². The lowest BCUT2D eigenvalue weighted by atomic mass is 10.5. The van der Waals surface area contributed by atoms with E-state index in [0.29, 0.717) is 11.8 Å². The lowest BCUT2D eigenvalue weighted by Gasteiger charge is -2.07. The van der Waals surface area contributed by atoms with Gasteiger partial charge in [0, 0.05) is 25.5 Å². The average Bonchev–Trinajstić information content (AvgIpc) is 2.23. The minimum absolute atomic E-state index is 0.0532. The summed E-state index contributed by atoms with van der Waals surface area (Å²) in [5.41, 5.74) is -4.18. The molecular formula is C8H11F3N4S. The van der Waals surface area contributed by atoms with E-state index in [4.69, 9.17) is 0 Å². The van der Waals surface area contributed by atoms with Crippen molar-refractivity contribution in [2.24, 2.45) is 0 Å². The Morgan fingerprint density at radius 1 is 1.44 bits per heavy atom. The number of nitrogens with zero attached hydrogens (tertiary/aromatic N) is 2. The first-order chi connectivity index (χ1) is 7.51. The number of anilines is 2. The van der Waals surface area contributed by atoms with E-state index < -0.39 is 5.51 Å². The number of halogens is 3. The SMILES string of the molecule is CNc1nccc(NCCSC(F)(F)F)n1. The normalized spacial score (nSPS) is 11.2. The van der Waals surface area contributed by atoms with Crippen LogP contribution in [0.4, 0.5) is 24.9 Å². The van der Waals surface area contributed by atoms with E-state index in [-0.39, 0.29) is 24.1 Å². The van der Waals surface area contributed by atoms with E-state index in [2.05, 4.69) is 20.6 Å². The molecule has 0 atom stereocenters. The molecule has 0 aliphatic rings. The molecule has 0 spiro atoms. The summed E-state index contributed by atoms with van der Waals surface area (Å²) in [6, 6.07) is 1.60. The molecule has 0 amide bonds. The van der Waals surface area contributed by atoms with E-state index in [1.54, 1.807) is 13.1 Å². The van der Waals surface area contributed by atoms with Crippen LogP contribution in [0.25, 0.3) is 0 Å². The van der Waals surface area contributed by atoms with E-state index >= 15 is 0 Å². The van der Waals surface area contributed by atoms with Crippen LogP contribution in [0.2, 0.25) is 0 Å². The van der Waals surface area contributed by atoms with E-state index in [1.807, 2.05) is 0 Å². The van der Waals surface area contributed by atoms with Crippen molar-refractivity contribution in [1.29, 1.82) is 0 Å². The molecule has 4 nitrogen and oxygen atoms in total. The molecule has 0 aliphatic heterocycles. The standard InChI is InChI=1S/C8H11F3N4S/c1-12-7-14-3-2-6(15-7)13-4-5-16-8(9,10)11/h2-3H,4-5H2,1H3,(H2,12,13,14,15). The van der Waals surface area contributed by atoms with Gasteiger partial charge in [0.05, 0.1) is 0 Å². The van der Waals surface area contributed by atoms with Crippen molar-refractivity contribution < 1.29 is 13.2 Å². The van der Waals surface area contributed by atoms with Crippen LogP contribution in [0.1, 0.15) is 0 Å². The van der Waals surface area contributed by atoms with Crippen LogP contribution in [-0.4, -0.2) is 34.8 Å². The number of hydrogen-bond acceptors (Lipinski definition) is 5. The van der Waals surface area contributed by atoms with Crippen molar-refractivity contribution in [1.82, 2.24) is 9.97 Å². The molecule has 90 valence electrons. The van der Waals surface area contributed by atoms with Gasteiger partial charge in [-0.3, -0.25) is 0 Å². The third kappa shape index (κ3) is 5.06. The molecule has 1 aromatic heterocycles. The van der Waals surface area contributed by atoms with Gasteiger partial charge in [0.15, 0.2) is 0 Å². The number of thioether (sulfide) groups is 1. The zero-order chi connectivity index (χ0) is 12.0. The van der Waals surface area contributed by atoms with Crippen LogP contribution in [-0.2, 0) is 0 Å². The van der Waals surface area contributed by atoms with Crippen molar-refractivity contribution >= 4 is 23.5 Å². The fourth-order valence-corrected chi connectivity index (χ4v) is 1.36. The Morgan fingerprint density at radius 2 is 2.19 bits per heavy atom. The fraction of sp³-hybridized carbons (Fsp3) is 0.500. The summed E-state index contributed by atoms with van der Waals surface area (Å²) >= 11 is -0.0588. The van der Waals surface area contributed by atoms with E-state index in [9.17, 15) is 13.2 Å². The summed E-state index contributed by atoms with van der Waals surface area (Å²) in [5, 5.41) is 5.51. The van der Waals surface area contributed by atoms with Gasteiger partial charge in [-0.15, -0.1) is 0 Å². The van der Waals surface area contributed by atoms with Crippen molar-refractivity contribution in [3.05, 3.63) is 12.3 Å². The highest BCUT2D eigenvalue weighted by atomic mass is 32.2. The zero-order valence-corrected chi connectivity index (χ0v) is 9.32. The minimum Gasteiger partial charge on any atom is -0.369 e. The van der Waals surface area contributed by atoms with Crippen LogP contribution in [0.15, 0.2) is 12.3 Å². The summed E-state index contributed by atoms with van der Waals surface area (Å²) in [7, 11) is 1.67. The topological polar surface area (TPSA) is 49.8 Å². The lowest BCUT2D eigenvalue weighted by Crippen LogP contribution is -2.10. The predicted molar refractivity (Wildman–Crippen MR) is 58.6 cm³/mol. The fourth-order valence-electron chi connectivity index (χ4n) is 0.923. The van der Waals surface area contributed by atoms with Crippen LogP contribution in [0.3, 0.4) is 0 Å². The maximum Gasteiger partial charge on any atom is 0.441 e. The highest BCUT2D eigenvalue weighted by molar-refractivity contribution is 8.00. The highest BCUT2D eigenvalue weighted by Crippen LogP contribution is 2.29. The first-order valence-corrected chi connectivity index (χ1v) is 5.45. The smallest absolute Gasteiger partial charge is 0.369 e. The summed E-state index contributed by atoms with van der Waals surface area (Å²) in [5.74, 6) is 0.873. The molecule has 0 aliphatic carbocycles. The van der Waals surface area contributed by atoms with Crippen molar-refractivity contribution in [2.45, 2.75) is 5.51 Å². The third-order valence-corrected chi connectivity index (χ3v) is 2.29. The van der Waals surface area contributed by atoms with E-state index in [0.717, 1.165) is 0 Å². The first-order valence-electron chi connectivity index (χ1n) is 4.46. The van der Waals surface area contributed by atoms with Gasteiger partial charge in [0.1, 0.15) is 5.82 Å². The molecule has 1 aromatic rings. The summed E-state index contributed by atoms with van der Waals surface area (Å²) in [4.78, 5) is 7.88. The van der Waals surface area contributed by atoms with E-state index in [1.165, 1.54) is 6.20 Å². The second-order valence-electron chi connectivity index (χ2n) is 2.74. The molecule has 0 saturated carbocycles.